The summed E-state index contributed by atoms with van der Waals surface area (Å²) in [7, 11) is 1.79. The number of likely N-dealkylation sites (tertiary alicyclic amines) is 1. The molecule has 0 radical (unpaired) electrons. The molecule has 2 heterocycles. The van der Waals surface area contributed by atoms with Crippen molar-refractivity contribution in [3.63, 3.8) is 0 Å². The van der Waals surface area contributed by atoms with Crippen molar-refractivity contribution in [2.24, 2.45) is 5.92 Å². The van der Waals surface area contributed by atoms with Gasteiger partial charge >= 0.3 is 5.76 Å². The van der Waals surface area contributed by atoms with Crippen LogP contribution in [0.2, 0.25) is 0 Å². The number of ether oxygens (including phenoxy) is 1. The zero-order valence-corrected chi connectivity index (χ0v) is 17.1. The van der Waals surface area contributed by atoms with Gasteiger partial charge in [0.15, 0.2) is 5.58 Å². The number of aromatic nitrogens is 1. The highest BCUT2D eigenvalue weighted by atomic mass is 35.5. The number of methoxy groups -OCH3 is 1. The lowest BCUT2D eigenvalue weighted by molar-refractivity contribution is 0.0710. The highest BCUT2D eigenvalue weighted by Crippen LogP contribution is 2.32. The smallest absolute Gasteiger partial charge is 0.408 e. The van der Waals surface area contributed by atoms with E-state index in [0.717, 1.165) is 38.1 Å². The van der Waals surface area contributed by atoms with Crippen molar-refractivity contribution in [2.45, 2.75) is 50.6 Å². The molecule has 28 heavy (non-hydrogen) atoms. The van der Waals surface area contributed by atoms with Gasteiger partial charge in [-0.15, -0.1) is 12.4 Å². The van der Waals surface area contributed by atoms with Crippen LogP contribution >= 0.6 is 12.4 Å². The van der Waals surface area contributed by atoms with Crippen molar-refractivity contribution in [1.82, 2.24) is 9.47 Å². The minimum atomic E-state index is -0.307. The van der Waals surface area contributed by atoms with E-state index >= 15 is 0 Å². The van der Waals surface area contributed by atoms with Gasteiger partial charge in [-0.25, -0.2) is 4.79 Å². The Morgan fingerprint density at radius 1 is 1.14 bits per heavy atom. The van der Waals surface area contributed by atoms with Crippen LogP contribution in [0, 0.1) is 17.2 Å². The molecule has 152 valence electrons. The number of piperidine rings is 1. The van der Waals surface area contributed by atoms with E-state index in [-0.39, 0.29) is 24.2 Å². The summed E-state index contributed by atoms with van der Waals surface area (Å²) in [5, 5.41) is 9.15. The molecule has 7 heteroatoms. The van der Waals surface area contributed by atoms with E-state index in [9.17, 15) is 4.79 Å². The highest BCUT2D eigenvalue weighted by molar-refractivity contribution is 5.85. The quantitative estimate of drug-likeness (QED) is 0.774. The topological polar surface area (TPSA) is 71.4 Å². The van der Waals surface area contributed by atoms with Gasteiger partial charge in [0.25, 0.3) is 0 Å². The summed E-state index contributed by atoms with van der Waals surface area (Å²) in [5.74, 6) is 0.410. The molecule has 1 aliphatic carbocycles. The van der Waals surface area contributed by atoms with Gasteiger partial charge in [-0.1, -0.05) is 0 Å². The molecule has 0 atom stereocenters. The number of hydrogen-bond acceptors (Lipinski definition) is 5. The van der Waals surface area contributed by atoms with Gasteiger partial charge in [-0.3, -0.25) is 4.57 Å². The molecule has 1 aromatic heterocycles. The second-order valence-corrected chi connectivity index (χ2v) is 7.93. The molecular formula is C21H28ClN3O3. The second-order valence-electron chi connectivity index (χ2n) is 7.93. The van der Waals surface area contributed by atoms with Crippen molar-refractivity contribution in [2.75, 3.05) is 26.8 Å². The molecule has 0 spiro atoms. The number of nitrogens with zero attached hydrogens (tertiary/aromatic N) is 3. The van der Waals surface area contributed by atoms with E-state index in [1.807, 2.05) is 0 Å². The molecule has 1 aromatic carbocycles. The van der Waals surface area contributed by atoms with Gasteiger partial charge in [0.05, 0.1) is 17.1 Å². The fraction of sp³-hybridized carbons (Fsp3) is 0.619. The van der Waals surface area contributed by atoms with Crippen molar-refractivity contribution in [3.05, 3.63) is 34.3 Å². The molecule has 2 aromatic rings. The molecular weight excluding hydrogens is 378 g/mol. The summed E-state index contributed by atoms with van der Waals surface area (Å²) >= 11 is 0. The van der Waals surface area contributed by atoms with E-state index < -0.39 is 0 Å². The number of hydrogen-bond donors (Lipinski definition) is 0. The maximum atomic E-state index is 12.4. The molecule has 0 N–H and O–H groups in total. The predicted octanol–water partition coefficient (Wildman–Crippen LogP) is 3.73. The Morgan fingerprint density at radius 2 is 1.86 bits per heavy atom. The lowest BCUT2D eigenvalue weighted by Gasteiger charge is -2.40. The zero-order valence-electron chi connectivity index (χ0n) is 16.3. The number of benzene rings is 1. The van der Waals surface area contributed by atoms with Crippen LogP contribution in [0.1, 0.15) is 50.1 Å². The van der Waals surface area contributed by atoms with E-state index in [1.165, 1.54) is 25.7 Å². The van der Waals surface area contributed by atoms with Crippen LogP contribution in [-0.2, 0) is 4.74 Å². The maximum absolute atomic E-state index is 12.4. The summed E-state index contributed by atoms with van der Waals surface area (Å²) in [4.78, 5) is 15.0. The normalized spacial score (nSPS) is 24.0. The third-order valence-corrected chi connectivity index (χ3v) is 6.34. The van der Waals surface area contributed by atoms with Gasteiger partial charge < -0.3 is 14.1 Å². The first-order valence-corrected chi connectivity index (χ1v) is 9.97. The van der Waals surface area contributed by atoms with Crippen molar-refractivity contribution >= 4 is 23.5 Å². The second kappa shape index (κ2) is 9.13. The molecule has 0 bridgehead atoms. The Balaban J connectivity index is 0.00000225. The van der Waals surface area contributed by atoms with Crippen LogP contribution in [0.5, 0.6) is 0 Å². The predicted molar refractivity (Wildman–Crippen MR) is 110 cm³/mol. The van der Waals surface area contributed by atoms with Crippen LogP contribution in [0.15, 0.2) is 27.4 Å². The van der Waals surface area contributed by atoms with E-state index in [0.29, 0.717) is 23.1 Å². The SMILES string of the molecule is COC[C@H]1CC[C@@H](N2CCC(n3c(=O)oc4ccc(C#N)cc43)CC2)CC1.Cl. The number of rotatable bonds is 4. The molecule has 0 unspecified atom stereocenters. The minimum Gasteiger partial charge on any atom is -0.408 e. The first kappa shape index (κ1) is 20.9. The lowest BCUT2D eigenvalue weighted by atomic mass is 9.85. The number of oxazole rings is 1. The average molecular weight is 406 g/mol. The third-order valence-electron chi connectivity index (χ3n) is 6.34. The number of halogens is 1. The Hall–Kier alpha value is -1.81. The first-order valence-electron chi connectivity index (χ1n) is 9.97. The van der Waals surface area contributed by atoms with E-state index in [1.54, 1.807) is 29.9 Å². The molecule has 0 amide bonds. The summed E-state index contributed by atoms with van der Waals surface area (Å²) in [6, 6.07) is 8.14. The summed E-state index contributed by atoms with van der Waals surface area (Å²) < 4.78 is 12.5. The van der Waals surface area contributed by atoms with Crippen LogP contribution in [0.4, 0.5) is 0 Å². The van der Waals surface area contributed by atoms with Crippen LogP contribution < -0.4 is 5.76 Å². The molecule has 1 aliphatic heterocycles. The van der Waals surface area contributed by atoms with Gasteiger partial charge in [0.2, 0.25) is 0 Å². The zero-order chi connectivity index (χ0) is 18.8. The van der Waals surface area contributed by atoms with Crippen LogP contribution in [0.3, 0.4) is 0 Å². The number of nitriles is 1. The van der Waals surface area contributed by atoms with Crippen molar-refractivity contribution < 1.29 is 9.15 Å². The standard InChI is InChI=1S/C21H27N3O3.ClH/c1-26-14-15-2-5-17(6-3-15)23-10-8-18(9-11-23)24-19-12-16(13-22)4-7-20(19)27-21(24)25;/h4,7,12,15,17-18H,2-3,5-6,8-11,14H2,1H3;1H/t15-,17+;. The molecule has 6 nitrogen and oxygen atoms in total. The summed E-state index contributed by atoms with van der Waals surface area (Å²) in [6.45, 7) is 2.92. The molecule has 4 rings (SSSR count). The molecule has 1 saturated carbocycles. The van der Waals surface area contributed by atoms with Crippen LogP contribution in [-0.4, -0.2) is 42.3 Å². The highest BCUT2D eigenvalue weighted by Gasteiger charge is 2.30. The van der Waals surface area contributed by atoms with Crippen LogP contribution in [0.25, 0.3) is 11.1 Å². The van der Waals surface area contributed by atoms with E-state index in [4.69, 9.17) is 14.4 Å². The van der Waals surface area contributed by atoms with Crippen molar-refractivity contribution in [1.29, 1.82) is 5.26 Å². The van der Waals surface area contributed by atoms with Gasteiger partial charge in [-0.2, -0.15) is 5.26 Å². The Kier molecular flexibility index (Phi) is 6.82. The fourth-order valence-electron chi connectivity index (χ4n) is 4.87. The number of fused-ring (bicyclic) bond motifs is 1. The molecule has 2 aliphatic rings. The lowest BCUT2D eigenvalue weighted by Crippen LogP contribution is -2.44. The third kappa shape index (κ3) is 4.12. The fourth-order valence-corrected chi connectivity index (χ4v) is 4.87. The van der Waals surface area contributed by atoms with Crippen molar-refractivity contribution in [3.8, 4) is 6.07 Å². The van der Waals surface area contributed by atoms with Gasteiger partial charge in [0.1, 0.15) is 0 Å². The minimum absolute atomic E-state index is 0. The largest absolute Gasteiger partial charge is 0.420 e. The van der Waals surface area contributed by atoms with E-state index in [2.05, 4.69) is 11.0 Å². The average Bonchev–Trinajstić information content (AvgIpc) is 3.04. The monoisotopic (exact) mass is 405 g/mol. The Morgan fingerprint density at radius 3 is 2.50 bits per heavy atom. The van der Waals surface area contributed by atoms with Gasteiger partial charge in [0, 0.05) is 38.9 Å². The first-order chi connectivity index (χ1) is 13.2. The Labute approximate surface area is 171 Å². The van der Waals surface area contributed by atoms with Gasteiger partial charge in [-0.05, 0) is 62.6 Å². The maximum Gasteiger partial charge on any atom is 0.420 e. The Bertz CT molecular complexity index is 884. The molecule has 2 fully saturated rings. The summed E-state index contributed by atoms with van der Waals surface area (Å²) in [6.07, 6.45) is 6.90. The summed E-state index contributed by atoms with van der Waals surface area (Å²) in [5.41, 5.74) is 1.87. The molecule has 1 saturated heterocycles.